The zero-order chi connectivity index (χ0) is 12.8. The van der Waals surface area contributed by atoms with Gasteiger partial charge < -0.3 is 0 Å². The first-order valence-electron chi connectivity index (χ1n) is 5.30. The summed E-state index contributed by atoms with van der Waals surface area (Å²) >= 11 is 0. The Morgan fingerprint density at radius 1 is 1.12 bits per heavy atom. The number of benzene rings is 1. The van der Waals surface area contributed by atoms with E-state index in [4.69, 9.17) is 0 Å². The van der Waals surface area contributed by atoms with Crippen molar-refractivity contribution in [3.63, 3.8) is 0 Å². The van der Waals surface area contributed by atoms with E-state index < -0.39 is 17.6 Å². The van der Waals surface area contributed by atoms with Crippen LogP contribution in [0.4, 0.5) is 17.6 Å². The fourth-order valence-electron chi connectivity index (χ4n) is 1.23. The second-order valence-corrected chi connectivity index (χ2v) is 3.06. The molecule has 0 aromatic heterocycles. The number of hydrogen-bond donors (Lipinski definition) is 0. The lowest BCUT2D eigenvalue weighted by Gasteiger charge is -2.08. The normalized spacial score (nSPS) is 10.7. The summed E-state index contributed by atoms with van der Waals surface area (Å²) in [5, 5.41) is 0. The summed E-state index contributed by atoms with van der Waals surface area (Å²) < 4.78 is 49.3. The standard InChI is InChI=1S/C10H10F4.C2H6/c1-2-3-7-4-5-8(9(11)6-7)10(12,13)14;1-2/h4-6H,2-3H2,1H3;1-2H3. The Hall–Kier alpha value is -1.06. The van der Waals surface area contributed by atoms with Gasteiger partial charge in [-0.3, -0.25) is 0 Å². The minimum Gasteiger partial charge on any atom is -0.206 e. The maximum absolute atomic E-state index is 12.9. The molecule has 0 aliphatic carbocycles. The molecule has 0 bridgehead atoms. The van der Waals surface area contributed by atoms with Gasteiger partial charge in [0.05, 0.1) is 5.56 Å². The SMILES string of the molecule is CC.CCCc1ccc(C(F)(F)F)c(F)c1. The van der Waals surface area contributed by atoms with Gasteiger partial charge in [-0.25, -0.2) is 4.39 Å². The van der Waals surface area contributed by atoms with Crippen LogP contribution >= 0.6 is 0 Å². The average molecular weight is 236 g/mol. The zero-order valence-corrected chi connectivity index (χ0v) is 9.66. The molecule has 0 heterocycles. The van der Waals surface area contributed by atoms with E-state index in [9.17, 15) is 17.6 Å². The molecule has 0 amide bonds. The maximum atomic E-state index is 12.9. The topological polar surface area (TPSA) is 0 Å². The summed E-state index contributed by atoms with van der Waals surface area (Å²) in [6.45, 7) is 5.88. The summed E-state index contributed by atoms with van der Waals surface area (Å²) in [6.07, 6.45) is -3.23. The minimum atomic E-state index is -4.60. The largest absolute Gasteiger partial charge is 0.419 e. The van der Waals surface area contributed by atoms with Gasteiger partial charge in [-0.1, -0.05) is 33.3 Å². The second-order valence-electron chi connectivity index (χ2n) is 3.06. The number of hydrogen-bond acceptors (Lipinski definition) is 0. The van der Waals surface area contributed by atoms with Crippen LogP contribution in [0.2, 0.25) is 0 Å². The van der Waals surface area contributed by atoms with E-state index in [1.165, 1.54) is 6.07 Å². The van der Waals surface area contributed by atoms with Gasteiger partial charge in [0.25, 0.3) is 0 Å². The second kappa shape index (κ2) is 6.51. The van der Waals surface area contributed by atoms with Gasteiger partial charge in [-0.05, 0) is 24.1 Å². The van der Waals surface area contributed by atoms with Crippen LogP contribution in [0.3, 0.4) is 0 Å². The van der Waals surface area contributed by atoms with Crippen molar-refractivity contribution < 1.29 is 17.6 Å². The molecule has 4 heteroatoms. The van der Waals surface area contributed by atoms with Crippen LogP contribution in [0.1, 0.15) is 38.3 Å². The van der Waals surface area contributed by atoms with Crippen LogP contribution in [-0.2, 0) is 12.6 Å². The van der Waals surface area contributed by atoms with Crippen molar-refractivity contribution in [1.82, 2.24) is 0 Å². The lowest BCUT2D eigenvalue weighted by Crippen LogP contribution is -2.08. The smallest absolute Gasteiger partial charge is 0.206 e. The summed E-state index contributed by atoms with van der Waals surface area (Å²) in [5.74, 6) is -1.19. The molecule has 1 aromatic rings. The van der Waals surface area contributed by atoms with Crippen molar-refractivity contribution in [2.45, 2.75) is 39.8 Å². The highest BCUT2D eigenvalue weighted by molar-refractivity contribution is 5.26. The molecule has 0 saturated heterocycles. The molecule has 0 nitrogen and oxygen atoms in total. The number of aryl methyl sites for hydroxylation is 1. The van der Waals surface area contributed by atoms with Gasteiger partial charge in [0.1, 0.15) is 5.82 Å². The highest BCUT2D eigenvalue weighted by atomic mass is 19.4. The molecule has 92 valence electrons. The molecule has 0 N–H and O–H groups in total. The zero-order valence-electron chi connectivity index (χ0n) is 9.66. The molecule has 0 atom stereocenters. The van der Waals surface area contributed by atoms with E-state index in [0.29, 0.717) is 12.0 Å². The average Bonchev–Trinajstić information content (AvgIpc) is 2.19. The molecule has 0 aliphatic heterocycles. The van der Waals surface area contributed by atoms with Crippen molar-refractivity contribution in [3.05, 3.63) is 35.1 Å². The first-order chi connectivity index (χ1) is 7.45. The Kier molecular flexibility index (Phi) is 6.08. The number of halogens is 4. The van der Waals surface area contributed by atoms with Gasteiger partial charge in [-0.2, -0.15) is 13.2 Å². The van der Waals surface area contributed by atoms with Crippen molar-refractivity contribution in [1.29, 1.82) is 0 Å². The number of rotatable bonds is 2. The summed E-state index contributed by atoms with van der Waals surface area (Å²) in [4.78, 5) is 0. The predicted molar refractivity (Wildman–Crippen MR) is 56.7 cm³/mol. The molecular formula is C12H16F4. The lowest BCUT2D eigenvalue weighted by molar-refractivity contribution is -0.140. The molecule has 0 fully saturated rings. The summed E-state index contributed by atoms with van der Waals surface area (Å²) in [5.41, 5.74) is -0.602. The summed E-state index contributed by atoms with van der Waals surface area (Å²) in [7, 11) is 0. The lowest BCUT2D eigenvalue weighted by atomic mass is 10.1. The monoisotopic (exact) mass is 236 g/mol. The first kappa shape index (κ1) is 14.9. The van der Waals surface area contributed by atoms with E-state index >= 15 is 0 Å². The fraction of sp³-hybridized carbons (Fsp3) is 0.500. The highest BCUT2D eigenvalue weighted by Crippen LogP contribution is 2.31. The third-order valence-electron chi connectivity index (χ3n) is 1.88. The third kappa shape index (κ3) is 4.21. The molecule has 1 rings (SSSR count). The van der Waals surface area contributed by atoms with Crippen LogP contribution in [0.25, 0.3) is 0 Å². The van der Waals surface area contributed by atoms with Crippen LogP contribution in [0.5, 0.6) is 0 Å². The Morgan fingerprint density at radius 2 is 1.69 bits per heavy atom. The van der Waals surface area contributed by atoms with Crippen LogP contribution < -0.4 is 0 Å². The summed E-state index contributed by atoms with van der Waals surface area (Å²) in [6, 6.07) is 3.06. The molecule has 16 heavy (non-hydrogen) atoms. The Bertz CT molecular complexity index is 315. The molecule has 0 spiro atoms. The highest BCUT2D eigenvalue weighted by Gasteiger charge is 2.33. The Labute approximate surface area is 93.3 Å². The molecule has 0 unspecified atom stereocenters. The van der Waals surface area contributed by atoms with Crippen LogP contribution in [-0.4, -0.2) is 0 Å². The van der Waals surface area contributed by atoms with Gasteiger partial charge >= 0.3 is 6.18 Å². The van der Waals surface area contributed by atoms with E-state index in [1.54, 1.807) is 0 Å². The minimum absolute atomic E-state index is 0.592. The van der Waals surface area contributed by atoms with E-state index in [-0.39, 0.29) is 0 Å². The molecule has 0 saturated carbocycles. The predicted octanol–water partition coefficient (Wildman–Crippen LogP) is 4.82. The van der Waals surface area contributed by atoms with Gasteiger partial charge in [-0.15, -0.1) is 0 Å². The fourth-order valence-corrected chi connectivity index (χ4v) is 1.23. The van der Waals surface area contributed by atoms with E-state index in [0.717, 1.165) is 18.6 Å². The Balaban J connectivity index is 0.00000106. The number of alkyl halides is 3. The quantitative estimate of drug-likeness (QED) is 0.645. The van der Waals surface area contributed by atoms with E-state index in [2.05, 4.69) is 0 Å². The van der Waals surface area contributed by atoms with Crippen molar-refractivity contribution in [2.75, 3.05) is 0 Å². The van der Waals surface area contributed by atoms with Gasteiger partial charge in [0, 0.05) is 0 Å². The molecule has 0 aliphatic rings. The Morgan fingerprint density at radius 3 is 2.06 bits per heavy atom. The van der Waals surface area contributed by atoms with Crippen LogP contribution in [0.15, 0.2) is 18.2 Å². The molecular weight excluding hydrogens is 220 g/mol. The molecule has 1 aromatic carbocycles. The van der Waals surface area contributed by atoms with Crippen molar-refractivity contribution in [2.24, 2.45) is 0 Å². The van der Waals surface area contributed by atoms with Gasteiger partial charge in [0.15, 0.2) is 0 Å². The first-order valence-corrected chi connectivity index (χ1v) is 5.30. The van der Waals surface area contributed by atoms with Crippen molar-refractivity contribution in [3.8, 4) is 0 Å². The molecule has 0 radical (unpaired) electrons. The van der Waals surface area contributed by atoms with E-state index in [1.807, 2.05) is 20.8 Å². The third-order valence-corrected chi connectivity index (χ3v) is 1.88. The van der Waals surface area contributed by atoms with Crippen molar-refractivity contribution >= 4 is 0 Å². The van der Waals surface area contributed by atoms with Crippen LogP contribution in [0, 0.1) is 5.82 Å². The maximum Gasteiger partial charge on any atom is 0.419 e. The van der Waals surface area contributed by atoms with Gasteiger partial charge in [0.2, 0.25) is 0 Å².